The Morgan fingerprint density at radius 2 is 0.576 bits per heavy atom. The van der Waals surface area contributed by atoms with Gasteiger partial charge in [-0.1, -0.05) is 30.3 Å². The summed E-state index contributed by atoms with van der Waals surface area (Å²) in [7, 11) is 0. The Kier molecular flexibility index (Phi) is 17.0. The molecular formula is C42H36O17. The first-order chi connectivity index (χ1) is 28.4. The van der Waals surface area contributed by atoms with Crippen molar-refractivity contribution in [1.82, 2.24) is 0 Å². The molecule has 0 amide bonds. The van der Waals surface area contributed by atoms with E-state index in [9.17, 15) is 43.2 Å². The van der Waals surface area contributed by atoms with E-state index < -0.39 is 47.8 Å². The normalized spacial score (nSPS) is 10.3. The minimum atomic E-state index is -0.829. The van der Waals surface area contributed by atoms with Crippen molar-refractivity contribution in [3.05, 3.63) is 142 Å². The third-order valence-electron chi connectivity index (χ3n) is 7.53. The van der Waals surface area contributed by atoms with Gasteiger partial charge in [-0.15, -0.1) is 0 Å². The number of esters is 8. The van der Waals surface area contributed by atoms with Crippen LogP contribution in [0.25, 0.3) is 0 Å². The zero-order chi connectivity index (χ0) is 42.6. The number of hydrogen-bond donors (Lipinski definition) is 0. The van der Waals surface area contributed by atoms with Crippen LogP contribution in [0.2, 0.25) is 0 Å². The van der Waals surface area contributed by atoms with E-state index in [2.05, 4.69) is 0 Å². The summed E-state index contributed by atoms with van der Waals surface area (Å²) in [5.41, 5.74) is 0.585. The highest BCUT2D eigenvalue weighted by Crippen LogP contribution is 2.12. The van der Waals surface area contributed by atoms with Crippen molar-refractivity contribution in [2.45, 2.75) is 6.92 Å². The van der Waals surface area contributed by atoms with Crippen LogP contribution in [-0.4, -0.2) is 107 Å². The molecule has 306 valence electrons. The summed E-state index contributed by atoms with van der Waals surface area (Å²) in [6, 6.07) is 22.3. The fourth-order valence-corrected chi connectivity index (χ4v) is 4.77. The van der Waals surface area contributed by atoms with E-state index in [-0.39, 0.29) is 91.8 Å². The summed E-state index contributed by atoms with van der Waals surface area (Å²) in [4.78, 5) is 109. The Bertz CT molecular complexity index is 2190. The largest absolute Gasteiger partial charge is 0.462 e. The van der Waals surface area contributed by atoms with E-state index in [0.717, 1.165) is 0 Å². The van der Waals surface area contributed by atoms with Gasteiger partial charge >= 0.3 is 47.8 Å². The zero-order valence-corrected chi connectivity index (χ0v) is 31.4. The summed E-state index contributed by atoms with van der Waals surface area (Å²) >= 11 is 0. The lowest BCUT2D eigenvalue weighted by atomic mass is 10.1. The molecule has 0 fully saturated rings. The fraction of sp³-hybridized carbons (Fsp3) is 0.214. The molecule has 0 heterocycles. The average molecular weight is 813 g/mol. The van der Waals surface area contributed by atoms with E-state index >= 15 is 0 Å². The minimum Gasteiger partial charge on any atom is -0.462 e. The standard InChI is InChI=1S/C42H36O17/c1-27(44)52-14-15-53-37(46)30-8-3-9-31(23-30)39(48)56-18-19-57-41(50)34-12-5-13-35(25-34)42(51)59-21-20-58-40(49)33-11-4-10-32(24-33)38(47)55-17-16-54-36(45)29-7-2-6-28(22-29)26-43/h2-13,22-26H,14-21H2,1H3. The van der Waals surface area contributed by atoms with Crippen molar-refractivity contribution in [2.24, 2.45) is 0 Å². The van der Waals surface area contributed by atoms with Crippen molar-refractivity contribution >= 4 is 54.0 Å². The van der Waals surface area contributed by atoms with Crippen LogP contribution in [-0.2, 0) is 42.7 Å². The number of hydrogen-bond acceptors (Lipinski definition) is 17. The number of aldehydes is 1. The van der Waals surface area contributed by atoms with Crippen molar-refractivity contribution in [3.8, 4) is 0 Å². The summed E-state index contributed by atoms with van der Waals surface area (Å²) in [5, 5.41) is 0. The molecule has 0 atom stereocenters. The fourth-order valence-electron chi connectivity index (χ4n) is 4.77. The van der Waals surface area contributed by atoms with Gasteiger partial charge in [0.2, 0.25) is 0 Å². The van der Waals surface area contributed by atoms with Crippen molar-refractivity contribution in [3.63, 3.8) is 0 Å². The third kappa shape index (κ3) is 14.4. The van der Waals surface area contributed by atoms with Crippen LogP contribution in [0.4, 0.5) is 0 Å². The highest BCUT2D eigenvalue weighted by molar-refractivity contribution is 5.97. The molecule has 0 aliphatic heterocycles. The number of benzene rings is 4. The summed E-state index contributed by atoms with van der Waals surface area (Å²) in [5.74, 6) is -6.03. The van der Waals surface area contributed by atoms with Crippen LogP contribution in [0.3, 0.4) is 0 Å². The van der Waals surface area contributed by atoms with E-state index in [1.165, 1.54) is 104 Å². The predicted molar refractivity (Wildman–Crippen MR) is 200 cm³/mol. The maximum atomic E-state index is 12.6. The third-order valence-corrected chi connectivity index (χ3v) is 7.53. The number of ether oxygens (including phenoxy) is 8. The van der Waals surface area contributed by atoms with E-state index in [1.54, 1.807) is 0 Å². The van der Waals surface area contributed by atoms with Crippen molar-refractivity contribution in [1.29, 1.82) is 0 Å². The second-order valence-corrected chi connectivity index (χ2v) is 11.8. The molecule has 17 nitrogen and oxygen atoms in total. The van der Waals surface area contributed by atoms with E-state index in [0.29, 0.717) is 11.8 Å². The monoisotopic (exact) mass is 812 g/mol. The minimum absolute atomic E-state index is 0.00193. The van der Waals surface area contributed by atoms with Gasteiger partial charge in [0, 0.05) is 12.5 Å². The first-order valence-electron chi connectivity index (χ1n) is 17.6. The van der Waals surface area contributed by atoms with Gasteiger partial charge in [0.1, 0.15) is 59.1 Å². The summed E-state index contributed by atoms with van der Waals surface area (Å²) < 4.78 is 40.4. The molecule has 0 radical (unpaired) electrons. The highest BCUT2D eigenvalue weighted by Gasteiger charge is 2.17. The van der Waals surface area contributed by atoms with E-state index in [1.807, 2.05) is 0 Å². The lowest BCUT2D eigenvalue weighted by Gasteiger charge is -2.09. The molecule has 0 aromatic heterocycles. The smallest absolute Gasteiger partial charge is 0.338 e. The number of carbonyl (C=O) groups excluding carboxylic acids is 9. The second kappa shape index (κ2) is 22.8. The molecule has 4 aromatic rings. The van der Waals surface area contributed by atoms with Crippen molar-refractivity contribution < 1.29 is 81.0 Å². The number of carbonyl (C=O) groups is 9. The lowest BCUT2D eigenvalue weighted by molar-refractivity contribution is -0.142. The molecule has 4 rings (SSSR count). The van der Waals surface area contributed by atoms with Gasteiger partial charge in [0.15, 0.2) is 0 Å². The Morgan fingerprint density at radius 3 is 0.814 bits per heavy atom. The summed E-state index contributed by atoms with van der Waals surface area (Å²) in [6.07, 6.45) is 0.590. The van der Waals surface area contributed by atoms with Crippen LogP contribution in [0, 0.1) is 0 Å². The topological polar surface area (TPSA) is 227 Å². The van der Waals surface area contributed by atoms with Gasteiger partial charge in [-0.25, -0.2) is 33.6 Å². The average Bonchev–Trinajstić information content (AvgIpc) is 3.26. The van der Waals surface area contributed by atoms with Crippen LogP contribution in [0.5, 0.6) is 0 Å². The number of rotatable bonds is 20. The first-order valence-corrected chi connectivity index (χ1v) is 17.6. The molecule has 17 heteroatoms. The maximum absolute atomic E-state index is 12.6. The molecule has 0 aliphatic carbocycles. The van der Waals surface area contributed by atoms with Gasteiger partial charge in [0.05, 0.1) is 38.9 Å². The summed E-state index contributed by atoms with van der Waals surface area (Å²) in [6.45, 7) is -0.937. The molecule has 59 heavy (non-hydrogen) atoms. The molecule has 0 saturated carbocycles. The van der Waals surface area contributed by atoms with Gasteiger partial charge in [-0.3, -0.25) is 9.59 Å². The maximum Gasteiger partial charge on any atom is 0.338 e. The highest BCUT2D eigenvalue weighted by atomic mass is 16.6. The molecule has 0 spiro atoms. The Hall–Kier alpha value is -7.69. The van der Waals surface area contributed by atoms with Gasteiger partial charge in [-0.05, 0) is 66.7 Å². The molecular weight excluding hydrogens is 776 g/mol. The molecule has 0 unspecified atom stereocenters. The van der Waals surface area contributed by atoms with Crippen LogP contribution in [0.1, 0.15) is 89.8 Å². The first kappa shape index (κ1) is 44.0. The van der Waals surface area contributed by atoms with E-state index in [4.69, 9.17) is 37.9 Å². The predicted octanol–water partition coefficient (Wildman–Crippen LogP) is 4.26. The van der Waals surface area contributed by atoms with Gasteiger partial charge in [-0.2, -0.15) is 0 Å². The van der Waals surface area contributed by atoms with Gasteiger partial charge in [0.25, 0.3) is 0 Å². The van der Waals surface area contributed by atoms with Crippen LogP contribution in [0.15, 0.2) is 97.1 Å². The zero-order valence-electron chi connectivity index (χ0n) is 31.4. The SMILES string of the molecule is CC(=O)OCCOC(=O)c1cccc(C(=O)OCCOC(=O)c2cccc(C(=O)OCCOC(=O)c3cccc(C(=O)OCCOC(=O)c4cccc(C=O)c4)c3)c2)c1. The quantitative estimate of drug-likeness (QED) is 0.0525. The molecule has 0 aliphatic rings. The van der Waals surface area contributed by atoms with Crippen LogP contribution < -0.4 is 0 Å². The van der Waals surface area contributed by atoms with Gasteiger partial charge < -0.3 is 37.9 Å². The van der Waals surface area contributed by atoms with Crippen molar-refractivity contribution in [2.75, 3.05) is 52.9 Å². The Balaban J connectivity index is 1.14. The Labute approximate surface area is 336 Å². The molecule has 0 saturated heterocycles. The molecule has 0 N–H and O–H groups in total. The lowest BCUT2D eigenvalue weighted by Crippen LogP contribution is -2.16. The Morgan fingerprint density at radius 1 is 0.356 bits per heavy atom. The molecule has 0 bridgehead atoms. The van der Waals surface area contributed by atoms with Crippen LogP contribution >= 0.6 is 0 Å². The second-order valence-electron chi connectivity index (χ2n) is 11.8. The molecule has 4 aromatic carbocycles.